The van der Waals surface area contributed by atoms with E-state index in [9.17, 15) is 9.59 Å². The molecule has 0 atom stereocenters. The Bertz CT molecular complexity index is 750. The molecule has 2 aromatic rings. The van der Waals surface area contributed by atoms with Crippen LogP contribution in [0.25, 0.3) is 11.3 Å². The minimum absolute atomic E-state index is 0.0300. The number of hydrogen-bond donors (Lipinski definition) is 1. The van der Waals surface area contributed by atoms with Gasteiger partial charge in [-0.25, -0.2) is 9.48 Å². The van der Waals surface area contributed by atoms with E-state index < -0.39 is 11.5 Å². The Balaban J connectivity index is 2.55. The maximum absolute atomic E-state index is 11.9. The van der Waals surface area contributed by atoms with Gasteiger partial charge in [0.15, 0.2) is 0 Å². The van der Waals surface area contributed by atoms with Crippen molar-refractivity contribution in [3.8, 4) is 17.0 Å². The van der Waals surface area contributed by atoms with Gasteiger partial charge in [0, 0.05) is 12.1 Å². The number of carboxylic acids is 1. The highest BCUT2D eigenvalue weighted by Gasteiger charge is 2.15. The highest BCUT2D eigenvalue weighted by atomic mass is 16.5. The van der Waals surface area contributed by atoms with Crippen LogP contribution in [0.5, 0.6) is 5.75 Å². The Morgan fingerprint density at radius 2 is 2.09 bits per heavy atom. The molecule has 0 aliphatic rings. The maximum atomic E-state index is 11.9. The molecular formula is C16H18N2O4. The van der Waals surface area contributed by atoms with Gasteiger partial charge in [0.1, 0.15) is 11.3 Å². The first-order valence-electron chi connectivity index (χ1n) is 7.05. The van der Waals surface area contributed by atoms with Gasteiger partial charge < -0.3 is 9.84 Å². The number of hydrogen-bond acceptors (Lipinski definition) is 4. The molecule has 6 heteroatoms. The molecule has 22 heavy (non-hydrogen) atoms. The quantitative estimate of drug-likeness (QED) is 0.917. The van der Waals surface area contributed by atoms with Crippen molar-refractivity contribution in [3.63, 3.8) is 0 Å². The van der Waals surface area contributed by atoms with Gasteiger partial charge in [0.05, 0.1) is 11.8 Å². The summed E-state index contributed by atoms with van der Waals surface area (Å²) in [6, 6.07) is 8.49. The SMILES string of the molecule is CCn1nc(-c2cccc(OC(C)C)c2)cc(C(=O)O)c1=O. The summed E-state index contributed by atoms with van der Waals surface area (Å²) in [5.74, 6) is -0.592. The van der Waals surface area contributed by atoms with Crippen LogP contribution in [0.2, 0.25) is 0 Å². The molecule has 6 nitrogen and oxygen atoms in total. The van der Waals surface area contributed by atoms with E-state index in [0.29, 0.717) is 23.6 Å². The fourth-order valence-electron chi connectivity index (χ4n) is 2.05. The molecule has 0 saturated heterocycles. The van der Waals surface area contributed by atoms with E-state index in [-0.39, 0.29) is 11.7 Å². The molecule has 0 unspecified atom stereocenters. The largest absolute Gasteiger partial charge is 0.491 e. The van der Waals surface area contributed by atoms with Crippen molar-refractivity contribution >= 4 is 5.97 Å². The molecule has 0 aliphatic carbocycles. The fourth-order valence-corrected chi connectivity index (χ4v) is 2.05. The van der Waals surface area contributed by atoms with E-state index in [1.165, 1.54) is 6.07 Å². The van der Waals surface area contributed by atoms with Crippen molar-refractivity contribution in [2.75, 3.05) is 0 Å². The monoisotopic (exact) mass is 302 g/mol. The molecule has 116 valence electrons. The van der Waals surface area contributed by atoms with Gasteiger partial charge in [-0.1, -0.05) is 12.1 Å². The van der Waals surface area contributed by atoms with E-state index in [1.54, 1.807) is 25.1 Å². The number of nitrogens with zero attached hydrogens (tertiary/aromatic N) is 2. The van der Waals surface area contributed by atoms with Crippen molar-refractivity contribution in [2.24, 2.45) is 0 Å². The Morgan fingerprint density at radius 3 is 2.68 bits per heavy atom. The van der Waals surface area contributed by atoms with Crippen molar-refractivity contribution in [1.29, 1.82) is 0 Å². The lowest BCUT2D eigenvalue weighted by Crippen LogP contribution is -2.28. The van der Waals surface area contributed by atoms with Gasteiger partial charge in [-0.05, 0) is 39.0 Å². The molecule has 0 spiro atoms. The van der Waals surface area contributed by atoms with Crippen LogP contribution < -0.4 is 10.3 Å². The lowest BCUT2D eigenvalue weighted by atomic mass is 10.1. The van der Waals surface area contributed by atoms with E-state index in [0.717, 1.165) is 4.68 Å². The summed E-state index contributed by atoms with van der Waals surface area (Å²) in [5.41, 5.74) is 0.228. The normalized spacial score (nSPS) is 10.7. The van der Waals surface area contributed by atoms with Crippen molar-refractivity contribution in [2.45, 2.75) is 33.4 Å². The van der Waals surface area contributed by atoms with Gasteiger partial charge in [0.2, 0.25) is 0 Å². The van der Waals surface area contributed by atoms with E-state index in [4.69, 9.17) is 9.84 Å². The number of carboxylic acid groups (broad SMARTS) is 1. The molecule has 0 fully saturated rings. The number of aryl methyl sites for hydroxylation is 1. The van der Waals surface area contributed by atoms with Crippen molar-refractivity contribution in [1.82, 2.24) is 9.78 Å². The zero-order valence-electron chi connectivity index (χ0n) is 12.7. The zero-order chi connectivity index (χ0) is 16.3. The summed E-state index contributed by atoms with van der Waals surface area (Å²) < 4.78 is 6.77. The summed E-state index contributed by atoms with van der Waals surface area (Å²) >= 11 is 0. The van der Waals surface area contributed by atoms with Gasteiger partial charge >= 0.3 is 5.97 Å². The number of rotatable bonds is 5. The van der Waals surface area contributed by atoms with Gasteiger partial charge in [0.25, 0.3) is 5.56 Å². The van der Waals surface area contributed by atoms with E-state index in [1.807, 2.05) is 19.9 Å². The zero-order valence-corrected chi connectivity index (χ0v) is 12.7. The van der Waals surface area contributed by atoms with Crippen LogP contribution in [-0.4, -0.2) is 27.0 Å². The van der Waals surface area contributed by atoms with E-state index >= 15 is 0 Å². The molecule has 1 aromatic carbocycles. The van der Waals surface area contributed by atoms with Gasteiger partial charge in [-0.2, -0.15) is 5.10 Å². The maximum Gasteiger partial charge on any atom is 0.341 e. The minimum atomic E-state index is -1.26. The molecule has 1 heterocycles. The number of aromatic nitrogens is 2. The first kappa shape index (κ1) is 15.8. The summed E-state index contributed by atoms with van der Waals surface area (Å²) in [7, 11) is 0. The summed E-state index contributed by atoms with van der Waals surface area (Å²) in [5, 5.41) is 13.4. The lowest BCUT2D eigenvalue weighted by Gasteiger charge is -2.11. The number of aromatic carboxylic acids is 1. The summed E-state index contributed by atoms with van der Waals surface area (Å²) in [6.07, 6.45) is 0.0300. The third kappa shape index (κ3) is 3.33. The third-order valence-electron chi connectivity index (χ3n) is 3.01. The predicted molar refractivity (Wildman–Crippen MR) is 82.3 cm³/mol. The Hall–Kier alpha value is -2.63. The fraction of sp³-hybridized carbons (Fsp3) is 0.312. The van der Waals surface area contributed by atoms with Crippen LogP contribution in [0.15, 0.2) is 35.1 Å². The van der Waals surface area contributed by atoms with Gasteiger partial charge in [-0.3, -0.25) is 4.79 Å². The molecule has 1 N–H and O–H groups in total. The number of carbonyl (C=O) groups is 1. The first-order chi connectivity index (χ1) is 10.4. The van der Waals surface area contributed by atoms with E-state index in [2.05, 4.69) is 5.10 Å². The summed E-state index contributed by atoms with van der Waals surface area (Å²) in [6.45, 7) is 5.88. The first-order valence-corrected chi connectivity index (χ1v) is 7.05. The Morgan fingerprint density at radius 1 is 1.36 bits per heavy atom. The van der Waals surface area contributed by atoms with Gasteiger partial charge in [-0.15, -0.1) is 0 Å². The van der Waals surface area contributed by atoms with Crippen LogP contribution in [0.4, 0.5) is 0 Å². The molecule has 0 radical (unpaired) electrons. The minimum Gasteiger partial charge on any atom is -0.491 e. The lowest BCUT2D eigenvalue weighted by molar-refractivity contribution is 0.0693. The molecule has 0 bridgehead atoms. The number of benzene rings is 1. The van der Waals surface area contributed by atoms with Crippen LogP contribution in [0.3, 0.4) is 0 Å². The smallest absolute Gasteiger partial charge is 0.341 e. The molecule has 0 aliphatic heterocycles. The molecule has 0 saturated carbocycles. The summed E-state index contributed by atoms with van der Waals surface area (Å²) in [4.78, 5) is 23.2. The highest BCUT2D eigenvalue weighted by Crippen LogP contribution is 2.23. The average molecular weight is 302 g/mol. The second-order valence-electron chi connectivity index (χ2n) is 5.06. The average Bonchev–Trinajstić information content (AvgIpc) is 2.46. The molecule has 2 rings (SSSR count). The molecular weight excluding hydrogens is 284 g/mol. The molecule has 1 aromatic heterocycles. The predicted octanol–water partition coefficient (Wildman–Crippen LogP) is 2.42. The van der Waals surface area contributed by atoms with Crippen molar-refractivity contribution < 1.29 is 14.6 Å². The molecule has 0 amide bonds. The Labute approximate surface area is 128 Å². The van der Waals surface area contributed by atoms with Crippen molar-refractivity contribution in [3.05, 3.63) is 46.2 Å². The number of ether oxygens (including phenoxy) is 1. The topological polar surface area (TPSA) is 81.4 Å². The van der Waals surface area contributed by atoms with Crippen LogP contribution >= 0.6 is 0 Å². The standard InChI is InChI=1S/C16H18N2O4/c1-4-18-15(19)13(16(20)21)9-14(17-18)11-6-5-7-12(8-11)22-10(2)3/h5-10H,4H2,1-3H3,(H,20,21). The van der Waals surface area contributed by atoms with Crippen LogP contribution in [0, 0.1) is 0 Å². The Kier molecular flexibility index (Phi) is 4.60. The highest BCUT2D eigenvalue weighted by molar-refractivity contribution is 5.88. The van der Waals surface area contributed by atoms with Crippen LogP contribution in [-0.2, 0) is 6.54 Å². The second-order valence-corrected chi connectivity index (χ2v) is 5.06. The van der Waals surface area contributed by atoms with Crippen LogP contribution in [0.1, 0.15) is 31.1 Å². The third-order valence-corrected chi connectivity index (χ3v) is 3.01. The second kappa shape index (κ2) is 6.43.